The molecule has 1 heterocycles. The summed E-state index contributed by atoms with van der Waals surface area (Å²) in [5.74, 6) is 0.820. The van der Waals surface area contributed by atoms with Gasteiger partial charge in [-0.3, -0.25) is 0 Å². The van der Waals surface area contributed by atoms with Crippen LogP contribution in [-0.4, -0.2) is 43.7 Å². The Labute approximate surface area is 173 Å². The van der Waals surface area contributed by atoms with Crippen molar-refractivity contribution in [1.82, 2.24) is 4.90 Å². The number of hydrogen-bond acceptors (Lipinski definition) is 3. The molecule has 1 saturated heterocycles. The number of ether oxygens (including phenoxy) is 1. The number of anilines is 2. The minimum atomic E-state index is -0.234. The van der Waals surface area contributed by atoms with E-state index in [-0.39, 0.29) is 12.1 Å². The van der Waals surface area contributed by atoms with Crippen molar-refractivity contribution >= 4 is 52.2 Å². The normalized spacial score (nSPS) is 17.0. The Morgan fingerprint density at radius 3 is 2.30 bits per heavy atom. The number of rotatable bonds is 3. The van der Waals surface area contributed by atoms with E-state index in [1.165, 1.54) is 0 Å². The Kier molecular flexibility index (Phi) is 6.25. The first kappa shape index (κ1) is 19.9. The van der Waals surface area contributed by atoms with Crippen LogP contribution < -0.4 is 15.0 Å². The van der Waals surface area contributed by atoms with E-state index in [0.29, 0.717) is 33.8 Å². The van der Waals surface area contributed by atoms with Crippen molar-refractivity contribution in [3.05, 3.63) is 51.5 Å². The highest BCUT2D eigenvalue weighted by Gasteiger charge is 2.27. The SMILES string of the molecule is COc1ccc(N2CCN(C(=O)Nc3c(Cl)cc(Cl)cc3Cl)CC2C)cc1. The van der Waals surface area contributed by atoms with Gasteiger partial charge in [-0.2, -0.15) is 0 Å². The Morgan fingerprint density at radius 2 is 1.74 bits per heavy atom. The fraction of sp³-hybridized carbons (Fsp3) is 0.316. The zero-order valence-corrected chi connectivity index (χ0v) is 17.3. The highest BCUT2D eigenvalue weighted by atomic mass is 35.5. The summed E-state index contributed by atoms with van der Waals surface area (Å²) in [4.78, 5) is 16.7. The third kappa shape index (κ3) is 4.54. The molecule has 0 aliphatic carbocycles. The van der Waals surface area contributed by atoms with Gasteiger partial charge in [-0.15, -0.1) is 0 Å². The van der Waals surface area contributed by atoms with Crippen LogP contribution in [-0.2, 0) is 0 Å². The molecule has 1 atom stereocenters. The van der Waals surface area contributed by atoms with Gasteiger partial charge in [-0.05, 0) is 43.3 Å². The van der Waals surface area contributed by atoms with E-state index in [2.05, 4.69) is 17.1 Å². The van der Waals surface area contributed by atoms with Crippen LogP contribution in [0.4, 0.5) is 16.2 Å². The lowest BCUT2D eigenvalue weighted by Gasteiger charge is -2.41. The average Bonchev–Trinajstić information content (AvgIpc) is 2.64. The summed E-state index contributed by atoms with van der Waals surface area (Å²) in [5.41, 5.74) is 1.48. The molecule has 2 amide bonds. The number of urea groups is 1. The molecular formula is C19H20Cl3N3O2. The number of carbonyl (C=O) groups is 1. The number of piperazine rings is 1. The molecule has 3 rings (SSSR count). The molecule has 0 radical (unpaired) electrons. The second-order valence-corrected chi connectivity index (χ2v) is 7.61. The van der Waals surface area contributed by atoms with Crippen LogP contribution in [0.5, 0.6) is 5.75 Å². The maximum absolute atomic E-state index is 12.7. The monoisotopic (exact) mass is 427 g/mol. The summed E-state index contributed by atoms with van der Waals surface area (Å²) in [7, 11) is 1.65. The summed E-state index contributed by atoms with van der Waals surface area (Å²) >= 11 is 18.2. The number of amides is 2. The summed E-state index contributed by atoms with van der Waals surface area (Å²) in [6.45, 7) is 3.99. The van der Waals surface area contributed by atoms with Crippen molar-refractivity contribution in [2.24, 2.45) is 0 Å². The number of hydrogen-bond donors (Lipinski definition) is 1. The van der Waals surface area contributed by atoms with Crippen molar-refractivity contribution in [1.29, 1.82) is 0 Å². The first-order valence-electron chi connectivity index (χ1n) is 8.50. The molecule has 144 valence electrons. The van der Waals surface area contributed by atoms with Crippen LogP contribution in [0.3, 0.4) is 0 Å². The third-order valence-electron chi connectivity index (χ3n) is 4.56. The van der Waals surface area contributed by atoms with E-state index >= 15 is 0 Å². The molecule has 1 fully saturated rings. The summed E-state index contributed by atoms with van der Waals surface area (Å²) < 4.78 is 5.21. The fourth-order valence-corrected chi connectivity index (χ4v) is 4.06. The minimum Gasteiger partial charge on any atom is -0.497 e. The lowest BCUT2D eigenvalue weighted by atomic mass is 10.1. The number of nitrogens with one attached hydrogen (secondary N) is 1. The van der Waals surface area contributed by atoms with Crippen LogP contribution in [0.25, 0.3) is 0 Å². The highest BCUT2D eigenvalue weighted by molar-refractivity contribution is 6.42. The molecule has 0 bridgehead atoms. The fourth-order valence-electron chi connectivity index (χ4n) is 3.15. The maximum Gasteiger partial charge on any atom is 0.322 e. The van der Waals surface area contributed by atoms with Gasteiger partial charge in [-0.1, -0.05) is 34.8 Å². The molecule has 2 aromatic carbocycles. The lowest BCUT2D eigenvalue weighted by Crippen LogP contribution is -2.54. The Morgan fingerprint density at radius 1 is 1.11 bits per heavy atom. The van der Waals surface area contributed by atoms with Gasteiger partial charge in [0.15, 0.2) is 0 Å². The molecule has 0 spiro atoms. The quantitative estimate of drug-likeness (QED) is 0.712. The summed E-state index contributed by atoms with van der Waals surface area (Å²) in [6, 6.07) is 11.0. The summed E-state index contributed by atoms with van der Waals surface area (Å²) in [5, 5.41) is 3.84. The smallest absolute Gasteiger partial charge is 0.322 e. The zero-order valence-electron chi connectivity index (χ0n) is 15.0. The summed E-state index contributed by atoms with van der Waals surface area (Å²) in [6.07, 6.45) is 0. The molecule has 8 heteroatoms. The van der Waals surface area contributed by atoms with Gasteiger partial charge < -0.3 is 19.9 Å². The van der Waals surface area contributed by atoms with Crippen LogP contribution in [0, 0.1) is 0 Å². The van der Waals surface area contributed by atoms with Gasteiger partial charge >= 0.3 is 6.03 Å². The van der Waals surface area contributed by atoms with Crippen LogP contribution >= 0.6 is 34.8 Å². The molecule has 0 aromatic heterocycles. The van der Waals surface area contributed by atoms with Gasteiger partial charge in [0.05, 0.1) is 22.8 Å². The molecular weight excluding hydrogens is 409 g/mol. The van der Waals surface area contributed by atoms with Crippen LogP contribution in [0.1, 0.15) is 6.92 Å². The van der Waals surface area contributed by atoms with Gasteiger partial charge in [0.25, 0.3) is 0 Å². The van der Waals surface area contributed by atoms with Gasteiger partial charge in [0.1, 0.15) is 5.75 Å². The first-order chi connectivity index (χ1) is 12.9. The zero-order chi connectivity index (χ0) is 19.6. The van der Waals surface area contributed by atoms with Crippen molar-refractivity contribution < 1.29 is 9.53 Å². The number of halogens is 3. The van der Waals surface area contributed by atoms with Crippen molar-refractivity contribution in [2.45, 2.75) is 13.0 Å². The molecule has 1 N–H and O–H groups in total. The Balaban J connectivity index is 1.66. The molecule has 5 nitrogen and oxygen atoms in total. The molecule has 0 saturated carbocycles. The van der Waals surface area contributed by atoms with Gasteiger partial charge in [-0.25, -0.2) is 4.79 Å². The number of carbonyl (C=O) groups excluding carboxylic acids is 1. The molecule has 1 aliphatic heterocycles. The highest BCUT2D eigenvalue weighted by Crippen LogP contribution is 2.34. The van der Waals surface area contributed by atoms with E-state index < -0.39 is 0 Å². The molecule has 1 unspecified atom stereocenters. The lowest BCUT2D eigenvalue weighted by molar-refractivity contribution is 0.200. The number of benzene rings is 2. The Hall–Kier alpha value is -1.82. The van der Waals surface area contributed by atoms with Gasteiger partial charge in [0, 0.05) is 36.4 Å². The topological polar surface area (TPSA) is 44.8 Å². The molecule has 27 heavy (non-hydrogen) atoms. The molecule has 1 aliphatic rings. The van der Waals surface area contributed by atoms with E-state index in [1.807, 2.05) is 24.3 Å². The average molecular weight is 429 g/mol. The second-order valence-electron chi connectivity index (χ2n) is 6.36. The van der Waals surface area contributed by atoms with Gasteiger partial charge in [0.2, 0.25) is 0 Å². The third-order valence-corrected chi connectivity index (χ3v) is 5.37. The standard InChI is InChI=1S/C19H20Cl3N3O2/c1-12-11-24(7-8-25(12)14-3-5-15(27-2)6-4-14)19(26)23-18-16(21)9-13(20)10-17(18)22/h3-6,9-10,12H,7-8,11H2,1-2H3,(H,23,26). The van der Waals surface area contributed by atoms with E-state index in [9.17, 15) is 4.79 Å². The van der Waals surface area contributed by atoms with Crippen LogP contribution in [0.2, 0.25) is 15.1 Å². The predicted octanol–water partition coefficient (Wildman–Crippen LogP) is 5.40. The molecule has 2 aromatic rings. The number of methoxy groups -OCH3 is 1. The Bertz CT molecular complexity index is 806. The minimum absolute atomic E-state index is 0.161. The number of nitrogens with zero attached hydrogens (tertiary/aromatic N) is 2. The van der Waals surface area contributed by atoms with E-state index in [0.717, 1.165) is 18.0 Å². The van der Waals surface area contributed by atoms with Crippen molar-refractivity contribution in [3.8, 4) is 5.75 Å². The van der Waals surface area contributed by atoms with Crippen molar-refractivity contribution in [3.63, 3.8) is 0 Å². The predicted molar refractivity (Wildman–Crippen MR) is 112 cm³/mol. The second kappa shape index (κ2) is 8.46. The largest absolute Gasteiger partial charge is 0.497 e. The van der Waals surface area contributed by atoms with E-state index in [1.54, 1.807) is 24.1 Å². The van der Waals surface area contributed by atoms with Crippen molar-refractivity contribution in [2.75, 3.05) is 37.0 Å². The van der Waals surface area contributed by atoms with Crippen LogP contribution in [0.15, 0.2) is 36.4 Å². The first-order valence-corrected chi connectivity index (χ1v) is 9.63. The van der Waals surface area contributed by atoms with E-state index in [4.69, 9.17) is 39.5 Å². The maximum atomic E-state index is 12.7.